The van der Waals surface area contributed by atoms with Gasteiger partial charge in [0.15, 0.2) is 29.0 Å². The van der Waals surface area contributed by atoms with Crippen LogP contribution in [0.3, 0.4) is 0 Å². The Hall–Kier alpha value is -4.14. The van der Waals surface area contributed by atoms with Gasteiger partial charge in [-0.15, -0.1) is 0 Å². The topological polar surface area (TPSA) is 170 Å². The number of carbonyl (C=O) groups is 1. The second-order valence-corrected chi connectivity index (χ2v) is 13.3. The molecule has 13 nitrogen and oxygen atoms in total. The van der Waals surface area contributed by atoms with Crippen LogP contribution in [0.25, 0.3) is 11.2 Å². The Labute approximate surface area is 294 Å². The van der Waals surface area contributed by atoms with Gasteiger partial charge in [-0.25, -0.2) is 19.7 Å². The van der Waals surface area contributed by atoms with Crippen LogP contribution in [-0.2, 0) is 11.3 Å². The summed E-state index contributed by atoms with van der Waals surface area (Å²) in [5, 5.41) is 40.3. The third kappa shape index (κ3) is 8.95. The number of hydrogen-bond donors (Lipinski definition) is 6. The lowest BCUT2D eigenvalue weighted by Gasteiger charge is -2.32. The summed E-state index contributed by atoms with van der Waals surface area (Å²) >= 11 is 0. The smallest absolute Gasteiger partial charge is 0.315 e. The summed E-state index contributed by atoms with van der Waals surface area (Å²) < 4.78 is 7.34. The molecule has 1 aliphatic heterocycles. The van der Waals surface area contributed by atoms with Crippen molar-refractivity contribution in [3.63, 3.8) is 0 Å². The molecule has 1 aliphatic rings. The number of fused-ring (bicyclic) bond motifs is 1. The molecule has 50 heavy (non-hydrogen) atoms. The standard InChI is InChI=1S/C37H52N8O5/c1-5-27(6-2)44(21-24(3)4)18-17-38-37(49)40-20-30-42-34(39-19-28(25-13-9-7-10-14-25)26-15-11-8-12-16-26)31-35(43-30)45(23-41-31)36-33(48)32(47)29(22-46)50-36/h7-16,23-24,27-29,32-33,36,46-48H,5-6,17-22H2,1-4H3,(H2,38,40,49)(H,39,42,43)/t29-,32-,33-,36-/m1/s1. The normalized spacial score (nSPS) is 19.3. The summed E-state index contributed by atoms with van der Waals surface area (Å²) in [6.07, 6.45) is -1.02. The Kier molecular flexibility index (Phi) is 13.1. The van der Waals surface area contributed by atoms with E-state index in [9.17, 15) is 20.1 Å². The first-order valence-corrected chi connectivity index (χ1v) is 17.7. The van der Waals surface area contributed by atoms with Crippen LogP contribution >= 0.6 is 0 Å². The van der Waals surface area contributed by atoms with Crippen LogP contribution in [0.4, 0.5) is 10.6 Å². The molecule has 3 heterocycles. The Morgan fingerprint density at radius 2 is 1.62 bits per heavy atom. The first-order valence-electron chi connectivity index (χ1n) is 17.7. The molecule has 0 saturated carbocycles. The van der Waals surface area contributed by atoms with Crippen molar-refractivity contribution in [3.05, 3.63) is 83.9 Å². The summed E-state index contributed by atoms with van der Waals surface area (Å²) in [6, 6.07) is 20.5. The second kappa shape index (κ2) is 17.7. The zero-order valence-electron chi connectivity index (χ0n) is 29.4. The lowest BCUT2D eigenvalue weighted by molar-refractivity contribution is -0.0511. The highest BCUT2D eigenvalue weighted by molar-refractivity contribution is 5.83. The van der Waals surface area contributed by atoms with Crippen molar-refractivity contribution < 1.29 is 24.9 Å². The van der Waals surface area contributed by atoms with E-state index in [1.54, 1.807) is 0 Å². The molecule has 0 spiro atoms. The number of amides is 2. The average molecular weight is 689 g/mol. The van der Waals surface area contributed by atoms with Crippen LogP contribution in [0.5, 0.6) is 0 Å². The molecule has 5 rings (SSSR count). The molecule has 1 fully saturated rings. The highest BCUT2D eigenvalue weighted by Gasteiger charge is 2.44. The SMILES string of the molecule is CCC(CC)N(CCNC(=O)NCc1nc(NCC(c2ccccc2)c2ccccc2)c2ncn([C@@H]3O[C@H](CO)[C@@H](O)[C@H]3O)c2n1)CC(C)C. The van der Waals surface area contributed by atoms with Crippen molar-refractivity contribution in [1.82, 2.24) is 35.1 Å². The summed E-state index contributed by atoms with van der Waals surface area (Å²) in [5.41, 5.74) is 3.04. The van der Waals surface area contributed by atoms with E-state index in [4.69, 9.17) is 14.7 Å². The number of anilines is 1. The third-order valence-corrected chi connectivity index (χ3v) is 9.29. The van der Waals surface area contributed by atoms with E-state index in [0.717, 1.165) is 37.1 Å². The maximum Gasteiger partial charge on any atom is 0.315 e. The van der Waals surface area contributed by atoms with Gasteiger partial charge in [-0.05, 0) is 29.9 Å². The van der Waals surface area contributed by atoms with Gasteiger partial charge in [0.05, 0.1) is 19.5 Å². The van der Waals surface area contributed by atoms with E-state index in [2.05, 4.69) is 77.8 Å². The number of urea groups is 1. The van der Waals surface area contributed by atoms with Crippen LogP contribution in [0.1, 0.15) is 69.6 Å². The number of aliphatic hydroxyl groups is 3. The Morgan fingerprint density at radius 3 is 2.20 bits per heavy atom. The Morgan fingerprint density at radius 1 is 0.960 bits per heavy atom. The number of rotatable bonds is 17. The molecule has 1 saturated heterocycles. The number of aliphatic hydroxyl groups excluding tert-OH is 3. The zero-order valence-corrected chi connectivity index (χ0v) is 29.4. The summed E-state index contributed by atoms with van der Waals surface area (Å²) in [7, 11) is 0. The maximum absolute atomic E-state index is 12.9. The number of imidazole rings is 1. The fraction of sp³-hybridized carbons (Fsp3) is 0.514. The van der Waals surface area contributed by atoms with Crippen molar-refractivity contribution in [1.29, 1.82) is 0 Å². The van der Waals surface area contributed by atoms with Crippen molar-refractivity contribution in [2.24, 2.45) is 5.92 Å². The monoisotopic (exact) mass is 688 g/mol. The fourth-order valence-corrected chi connectivity index (χ4v) is 6.69. The number of hydrogen-bond acceptors (Lipinski definition) is 10. The number of ether oxygens (including phenoxy) is 1. The first kappa shape index (κ1) is 37.1. The molecule has 6 N–H and O–H groups in total. The second-order valence-electron chi connectivity index (χ2n) is 13.3. The summed E-state index contributed by atoms with van der Waals surface area (Å²) in [6.45, 7) is 11.1. The summed E-state index contributed by atoms with van der Waals surface area (Å²) in [5.74, 6) is 1.28. The number of nitrogens with zero attached hydrogens (tertiary/aromatic N) is 5. The van der Waals surface area contributed by atoms with Gasteiger partial charge in [-0.1, -0.05) is 88.4 Å². The number of nitrogens with one attached hydrogen (secondary N) is 3. The first-order chi connectivity index (χ1) is 24.2. The lowest BCUT2D eigenvalue weighted by Crippen LogP contribution is -2.44. The molecule has 2 amide bonds. The minimum atomic E-state index is -1.32. The van der Waals surface area contributed by atoms with E-state index in [1.807, 2.05) is 36.4 Å². The molecule has 2 aromatic carbocycles. The predicted molar refractivity (Wildman–Crippen MR) is 193 cm³/mol. The number of carbonyl (C=O) groups excluding carboxylic acids is 1. The van der Waals surface area contributed by atoms with E-state index >= 15 is 0 Å². The van der Waals surface area contributed by atoms with E-state index in [0.29, 0.717) is 47.9 Å². The minimum Gasteiger partial charge on any atom is -0.394 e. The molecule has 2 aromatic heterocycles. The molecule has 270 valence electrons. The molecule has 0 aliphatic carbocycles. The van der Waals surface area contributed by atoms with Crippen LogP contribution in [0.2, 0.25) is 0 Å². The van der Waals surface area contributed by atoms with Crippen molar-refractivity contribution in [2.75, 3.05) is 38.1 Å². The number of aromatic nitrogens is 4. The fourth-order valence-electron chi connectivity index (χ4n) is 6.69. The predicted octanol–water partition coefficient (Wildman–Crippen LogP) is 3.63. The van der Waals surface area contributed by atoms with E-state index in [1.165, 1.54) is 10.9 Å². The molecule has 4 aromatic rings. The van der Waals surface area contributed by atoms with Gasteiger partial charge >= 0.3 is 6.03 Å². The molecule has 0 bridgehead atoms. The van der Waals surface area contributed by atoms with Crippen LogP contribution < -0.4 is 16.0 Å². The van der Waals surface area contributed by atoms with Gasteiger partial charge in [0.25, 0.3) is 0 Å². The van der Waals surface area contributed by atoms with Crippen LogP contribution in [0.15, 0.2) is 67.0 Å². The van der Waals surface area contributed by atoms with E-state index in [-0.39, 0.29) is 18.5 Å². The maximum atomic E-state index is 12.9. The molecular formula is C37H52N8O5. The van der Waals surface area contributed by atoms with Crippen LogP contribution in [-0.4, -0.2) is 103 Å². The van der Waals surface area contributed by atoms with Gasteiger partial charge in [-0.3, -0.25) is 9.47 Å². The molecule has 0 unspecified atom stereocenters. The highest BCUT2D eigenvalue weighted by atomic mass is 16.6. The minimum absolute atomic E-state index is 0.00687. The molecule has 4 atom stereocenters. The van der Waals surface area contributed by atoms with Crippen molar-refractivity contribution in [3.8, 4) is 0 Å². The van der Waals surface area contributed by atoms with Crippen LogP contribution in [0, 0.1) is 5.92 Å². The summed E-state index contributed by atoms with van der Waals surface area (Å²) in [4.78, 5) is 29.5. The Balaban J connectivity index is 1.37. The van der Waals surface area contributed by atoms with Crippen molar-refractivity contribution >= 4 is 23.0 Å². The van der Waals surface area contributed by atoms with Gasteiger partial charge in [0, 0.05) is 38.1 Å². The third-order valence-electron chi connectivity index (χ3n) is 9.29. The lowest BCUT2D eigenvalue weighted by atomic mass is 9.91. The number of benzene rings is 2. The van der Waals surface area contributed by atoms with Gasteiger partial charge < -0.3 is 36.0 Å². The van der Waals surface area contributed by atoms with Gasteiger partial charge in [-0.2, -0.15) is 0 Å². The average Bonchev–Trinajstić information content (AvgIpc) is 3.68. The van der Waals surface area contributed by atoms with Gasteiger partial charge in [0.1, 0.15) is 18.3 Å². The quantitative estimate of drug-likeness (QED) is 0.0964. The van der Waals surface area contributed by atoms with E-state index < -0.39 is 31.1 Å². The molecular weight excluding hydrogens is 636 g/mol. The largest absolute Gasteiger partial charge is 0.394 e. The highest BCUT2D eigenvalue weighted by Crippen LogP contribution is 2.33. The molecule has 13 heteroatoms. The Bertz CT molecular complexity index is 1600. The zero-order chi connectivity index (χ0) is 35.6. The van der Waals surface area contributed by atoms with Gasteiger partial charge in [0.2, 0.25) is 0 Å². The molecule has 0 radical (unpaired) electrons. The van der Waals surface area contributed by atoms with Crippen molar-refractivity contribution in [2.45, 2.75) is 83.6 Å².